The molecule has 0 spiro atoms. The maximum absolute atomic E-state index is 13.4. The number of fused-ring (bicyclic) bond motifs is 1. The Bertz CT molecular complexity index is 2020. The number of aromatic nitrogens is 4. The molecule has 3 aromatic heterocycles. The molecule has 2 aliphatic rings. The molecule has 0 saturated carbocycles. The summed E-state index contributed by atoms with van der Waals surface area (Å²) < 4.78 is 14.6. The van der Waals surface area contributed by atoms with Crippen LogP contribution in [-0.4, -0.2) is 90.1 Å². The topological polar surface area (TPSA) is 144 Å². The van der Waals surface area contributed by atoms with E-state index in [1.165, 1.54) is 7.11 Å². The van der Waals surface area contributed by atoms with Crippen LogP contribution in [0.15, 0.2) is 47.4 Å². The van der Waals surface area contributed by atoms with Crippen molar-refractivity contribution in [1.82, 2.24) is 34.3 Å². The van der Waals surface area contributed by atoms with E-state index >= 15 is 0 Å². The number of nitrogens with zero attached hydrogens (tertiary/aromatic N) is 6. The van der Waals surface area contributed by atoms with Crippen LogP contribution in [0.25, 0.3) is 27.9 Å². The smallest absolute Gasteiger partial charge is 0.410 e. The first-order chi connectivity index (χ1) is 24.0. The van der Waals surface area contributed by atoms with Crippen LogP contribution in [0.4, 0.5) is 4.79 Å². The van der Waals surface area contributed by atoms with Crippen LogP contribution in [-0.2, 0) is 29.7 Å². The highest BCUT2D eigenvalue weighted by molar-refractivity contribution is 6.36. The zero-order valence-electron chi connectivity index (χ0n) is 30.2. The number of nitrogens with one attached hydrogen (secondary N) is 1. The van der Waals surface area contributed by atoms with Gasteiger partial charge in [-0.2, -0.15) is 5.10 Å². The third-order valence-electron chi connectivity index (χ3n) is 9.51. The minimum atomic E-state index is -0.745. The molecule has 2 aliphatic heterocycles. The van der Waals surface area contributed by atoms with Crippen LogP contribution in [0.5, 0.6) is 5.88 Å². The number of halogens is 1. The lowest BCUT2D eigenvalue weighted by atomic mass is 9.84. The Morgan fingerprint density at radius 2 is 1.84 bits per heavy atom. The van der Waals surface area contributed by atoms with Crippen LogP contribution in [0.2, 0.25) is 5.02 Å². The molecule has 5 heterocycles. The molecule has 2 saturated heterocycles. The van der Waals surface area contributed by atoms with Gasteiger partial charge in [-0.15, -0.1) is 0 Å². The first-order valence-corrected chi connectivity index (χ1v) is 17.5. The molecule has 1 atom stereocenters. The van der Waals surface area contributed by atoms with Crippen molar-refractivity contribution in [2.45, 2.75) is 77.8 Å². The van der Waals surface area contributed by atoms with Gasteiger partial charge in [-0.1, -0.05) is 29.8 Å². The fraction of sp³-hybridized carbons (Fsp3) is 0.486. The lowest BCUT2D eigenvalue weighted by Gasteiger charge is -2.45. The van der Waals surface area contributed by atoms with Crippen molar-refractivity contribution < 1.29 is 24.2 Å². The van der Waals surface area contributed by atoms with Gasteiger partial charge in [-0.05, 0) is 59.2 Å². The molecule has 2 fully saturated rings. The highest BCUT2D eigenvalue weighted by Gasteiger charge is 2.38. The average Bonchev–Trinajstić information content (AvgIpc) is 3.65. The number of hydrogen-bond donors (Lipinski definition) is 2. The number of carbonyl (C=O) groups is 2. The third kappa shape index (κ3) is 7.90. The van der Waals surface area contributed by atoms with Crippen molar-refractivity contribution in [3.05, 3.63) is 69.4 Å². The lowest BCUT2D eigenvalue weighted by Crippen LogP contribution is -2.55. The number of rotatable bonds is 10. The summed E-state index contributed by atoms with van der Waals surface area (Å²) in [5.41, 5.74) is 2.13. The van der Waals surface area contributed by atoms with Gasteiger partial charge in [-0.3, -0.25) is 19.1 Å². The van der Waals surface area contributed by atoms with Crippen molar-refractivity contribution >= 4 is 29.1 Å². The molecule has 2 N–H and O–H groups in total. The standard InChI is InChI=1S/C37H46ClN7O6/c1-36(2,3)51-35(48)44(20-25-12-14-31(46)39-25)16-22-11-13-28(40-33(22)50-7)27-10-8-9-26(32(27)38)23-15-29-34(47)42(6)30(41-45(29)17-23)21-43-18-24(19-43)37(4,5)49/h8-11,13,15,17,24-25,49H,12,14,16,18-21H2,1-7H3,(H,39,46)/t25-/m0/s1. The first-order valence-electron chi connectivity index (χ1n) is 17.1. The number of carbonyl (C=O) groups excluding carboxylic acids is 2. The van der Waals surface area contributed by atoms with Crippen LogP contribution in [0, 0.1) is 5.92 Å². The molecule has 1 aromatic carbocycles. The number of methoxy groups -OCH3 is 1. The van der Waals surface area contributed by atoms with Crippen LogP contribution in [0.1, 0.15) is 58.8 Å². The number of hydrogen-bond acceptors (Lipinski definition) is 9. The summed E-state index contributed by atoms with van der Waals surface area (Å²) in [6.07, 6.45) is 2.36. The Labute approximate surface area is 302 Å². The molecular formula is C37H46ClN7O6. The lowest BCUT2D eigenvalue weighted by molar-refractivity contribution is -0.119. The second kappa shape index (κ2) is 13.9. The van der Waals surface area contributed by atoms with Gasteiger partial charge in [0.15, 0.2) is 0 Å². The molecule has 0 bridgehead atoms. The van der Waals surface area contributed by atoms with Crippen molar-refractivity contribution in [2.75, 3.05) is 26.7 Å². The summed E-state index contributed by atoms with van der Waals surface area (Å²) in [6, 6.07) is 10.9. The maximum atomic E-state index is 13.4. The summed E-state index contributed by atoms with van der Waals surface area (Å²) in [5.74, 6) is 1.09. The maximum Gasteiger partial charge on any atom is 0.410 e. The monoisotopic (exact) mass is 719 g/mol. The SMILES string of the molecule is COc1nc(-c2cccc(-c3cc4c(=O)n(C)c(CN5CC(C(C)(C)O)C5)nn4c3)c2Cl)ccc1CN(C[C@@H]1CCC(=O)N1)C(=O)OC(C)(C)C. The molecule has 4 aromatic rings. The third-order valence-corrected chi connectivity index (χ3v) is 9.92. The molecule has 6 rings (SSSR count). The molecule has 14 heteroatoms. The van der Waals surface area contributed by atoms with E-state index in [2.05, 4.69) is 10.2 Å². The summed E-state index contributed by atoms with van der Waals surface area (Å²) in [5, 5.41) is 18.4. The fourth-order valence-electron chi connectivity index (χ4n) is 6.49. The Morgan fingerprint density at radius 1 is 1.12 bits per heavy atom. The van der Waals surface area contributed by atoms with Crippen LogP contribution < -0.4 is 15.6 Å². The highest BCUT2D eigenvalue weighted by atomic mass is 35.5. The van der Waals surface area contributed by atoms with Crippen molar-refractivity contribution in [1.29, 1.82) is 0 Å². The van der Waals surface area contributed by atoms with E-state index in [0.717, 1.165) is 18.7 Å². The minimum Gasteiger partial charge on any atom is -0.481 e. The van der Waals surface area contributed by atoms with Gasteiger partial charge < -0.3 is 24.8 Å². The highest BCUT2D eigenvalue weighted by Crippen LogP contribution is 2.37. The predicted molar refractivity (Wildman–Crippen MR) is 194 cm³/mol. The number of ether oxygens (including phenoxy) is 2. The van der Waals surface area contributed by atoms with Gasteiger partial charge >= 0.3 is 6.09 Å². The molecule has 0 radical (unpaired) electrons. The largest absolute Gasteiger partial charge is 0.481 e. The zero-order chi connectivity index (χ0) is 36.8. The first kappa shape index (κ1) is 36.3. The molecule has 13 nitrogen and oxygen atoms in total. The van der Waals surface area contributed by atoms with Gasteiger partial charge in [0.05, 0.1) is 36.5 Å². The van der Waals surface area contributed by atoms with Crippen LogP contribution >= 0.6 is 11.6 Å². The quantitative estimate of drug-likeness (QED) is 0.240. The van der Waals surface area contributed by atoms with Crippen LogP contribution in [0.3, 0.4) is 0 Å². The van der Waals surface area contributed by atoms with Gasteiger partial charge in [0.1, 0.15) is 16.9 Å². The van der Waals surface area contributed by atoms with Gasteiger partial charge in [0.25, 0.3) is 5.56 Å². The summed E-state index contributed by atoms with van der Waals surface area (Å²) in [7, 11) is 3.24. The van der Waals surface area contributed by atoms with E-state index in [1.807, 2.05) is 65.0 Å². The van der Waals surface area contributed by atoms with E-state index < -0.39 is 17.3 Å². The number of aliphatic hydroxyl groups is 1. The van der Waals surface area contributed by atoms with Crippen molar-refractivity contribution in [3.8, 4) is 28.3 Å². The second-order valence-corrected chi connectivity index (χ2v) is 15.5. The fourth-order valence-corrected chi connectivity index (χ4v) is 6.82. The van der Waals surface area contributed by atoms with E-state index in [-0.39, 0.29) is 36.5 Å². The van der Waals surface area contributed by atoms with E-state index in [9.17, 15) is 19.5 Å². The number of benzene rings is 1. The van der Waals surface area contributed by atoms with Crippen molar-refractivity contribution in [2.24, 2.45) is 13.0 Å². The molecule has 2 amide bonds. The van der Waals surface area contributed by atoms with E-state index in [1.54, 1.807) is 33.3 Å². The number of pyridine rings is 1. The normalized spacial score (nSPS) is 17.0. The zero-order valence-corrected chi connectivity index (χ0v) is 31.0. The summed E-state index contributed by atoms with van der Waals surface area (Å²) in [4.78, 5) is 47.0. The average molecular weight is 720 g/mol. The van der Waals surface area contributed by atoms with Gasteiger partial charge in [0, 0.05) is 73.5 Å². The Kier molecular flexibility index (Phi) is 9.92. The van der Waals surface area contributed by atoms with Crippen molar-refractivity contribution in [3.63, 3.8) is 0 Å². The Balaban J connectivity index is 1.26. The second-order valence-electron chi connectivity index (χ2n) is 15.1. The predicted octanol–water partition coefficient (Wildman–Crippen LogP) is 4.64. The Hall–Kier alpha value is -4.46. The molecule has 0 unspecified atom stereocenters. The molecule has 51 heavy (non-hydrogen) atoms. The van der Waals surface area contributed by atoms with E-state index in [0.29, 0.717) is 64.0 Å². The van der Waals surface area contributed by atoms with E-state index in [4.69, 9.17) is 31.2 Å². The Morgan fingerprint density at radius 3 is 2.49 bits per heavy atom. The van der Waals surface area contributed by atoms with Gasteiger partial charge in [-0.25, -0.2) is 14.3 Å². The number of amides is 2. The summed E-state index contributed by atoms with van der Waals surface area (Å²) >= 11 is 7.06. The summed E-state index contributed by atoms with van der Waals surface area (Å²) in [6.45, 7) is 11.5. The molecule has 0 aliphatic carbocycles. The molecular weight excluding hydrogens is 674 g/mol. The minimum absolute atomic E-state index is 0.0345. The number of likely N-dealkylation sites (tertiary alicyclic amines) is 1. The molecule has 272 valence electrons. The van der Waals surface area contributed by atoms with Gasteiger partial charge in [0.2, 0.25) is 11.8 Å².